The first kappa shape index (κ1) is 43.2. The number of nitrogens with one attached hydrogen (secondary N) is 1. The first-order valence-electron chi connectivity index (χ1n) is 16.7. The first-order chi connectivity index (χ1) is 23.2. The molecular formula is C31H57NO18. The average molecular weight is 732 g/mol. The Morgan fingerprint density at radius 2 is 1.26 bits per heavy atom. The minimum absolute atomic E-state index is 0.176. The fourth-order valence-corrected chi connectivity index (χ4v) is 5.79. The first-order valence-corrected chi connectivity index (χ1v) is 16.7. The number of rotatable bonds is 15. The minimum Gasteiger partial charge on any atom is -0.393 e. The van der Waals surface area contributed by atoms with Gasteiger partial charge in [-0.15, -0.1) is 0 Å². The fraction of sp³-hybridized carbons (Fsp3) is 0.968. The van der Waals surface area contributed by atoms with Crippen molar-refractivity contribution in [2.24, 2.45) is 0 Å². The molecule has 0 bridgehead atoms. The van der Waals surface area contributed by atoms with Crippen molar-refractivity contribution >= 4 is 5.91 Å². The molecule has 50 heavy (non-hydrogen) atoms. The lowest BCUT2D eigenvalue weighted by Crippen LogP contribution is -2.66. The van der Waals surface area contributed by atoms with E-state index < -0.39 is 135 Å². The van der Waals surface area contributed by atoms with E-state index in [1.807, 2.05) is 0 Å². The summed E-state index contributed by atoms with van der Waals surface area (Å²) in [4.78, 5) is 12.4. The Morgan fingerprint density at radius 1 is 0.760 bits per heavy atom. The van der Waals surface area contributed by atoms with Gasteiger partial charge in [0.05, 0.1) is 49.1 Å². The number of ether oxygens (including phenoxy) is 8. The highest BCUT2D eigenvalue weighted by Gasteiger charge is 2.53. The highest BCUT2D eigenvalue weighted by atomic mass is 16.8. The van der Waals surface area contributed by atoms with E-state index in [0.717, 1.165) is 0 Å². The van der Waals surface area contributed by atoms with E-state index >= 15 is 0 Å². The van der Waals surface area contributed by atoms with Crippen LogP contribution in [0, 0.1) is 0 Å². The van der Waals surface area contributed by atoms with Gasteiger partial charge >= 0.3 is 0 Å². The smallest absolute Gasteiger partial charge is 0.223 e. The molecule has 3 saturated heterocycles. The lowest BCUT2D eigenvalue weighted by atomic mass is 9.96. The molecule has 19 nitrogen and oxygen atoms in total. The highest BCUT2D eigenvalue weighted by molar-refractivity contribution is 5.77. The van der Waals surface area contributed by atoms with E-state index in [1.54, 1.807) is 13.8 Å². The van der Waals surface area contributed by atoms with Gasteiger partial charge in [-0.2, -0.15) is 0 Å². The van der Waals surface area contributed by atoms with Crippen LogP contribution in [0.15, 0.2) is 0 Å². The predicted molar refractivity (Wildman–Crippen MR) is 167 cm³/mol. The van der Waals surface area contributed by atoms with E-state index in [1.165, 1.54) is 41.7 Å². The van der Waals surface area contributed by atoms with Crippen LogP contribution in [0.4, 0.5) is 0 Å². The molecule has 1 amide bonds. The molecule has 0 aromatic heterocycles. The number of amides is 1. The summed E-state index contributed by atoms with van der Waals surface area (Å²) >= 11 is 0. The minimum atomic E-state index is -1.81. The molecule has 10 N–H and O–H groups in total. The number of hydrogen-bond acceptors (Lipinski definition) is 18. The van der Waals surface area contributed by atoms with Crippen LogP contribution in [0.3, 0.4) is 0 Å². The molecule has 0 saturated carbocycles. The maximum absolute atomic E-state index is 12.4. The Balaban J connectivity index is 1.76. The summed E-state index contributed by atoms with van der Waals surface area (Å²) in [6, 6.07) is -0.630. The van der Waals surface area contributed by atoms with Crippen LogP contribution in [0.1, 0.15) is 54.9 Å². The molecule has 3 fully saturated rings. The highest BCUT2D eigenvalue weighted by Crippen LogP contribution is 2.33. The summed E-state index contributed by atoms with van der Waals surface area (Å²) in [7, 11) is 1.28. The number of aliphatic hydroxyl groups excluding tert-OH is 8. The van der Waals surface area contributed by atoms with Gasteiger partial charge in [-0.25, -0.2) is 0 Å². The van der Waals surface area contributed by atoms with Crippen molar-refractivity contribution in [1.29, 1.82) is 0 Å². The van der Waals surface area contributed by atoms with Crippen molar-refractivity contribution in [3.63, 3.8) is 0 Å². The van der Waals surface area contributed by atoms with Crippen LogP contribution in [-0.4, -0.2) is 188 Å². The van der Waals surface area contributed by atoms with Crippen molar-refractivity contribution in [2.45, 2.75) is 177 Å². The van der Waals surface area contributed by atoms with Gasteiger partial charge in [-0.05, 0) is 48.5 Å². The molecule has 8 unspecified atom stereocenters. The summed E-state index contributed by atoms with van der Waals surface area (Å²) in [5, 5.41) is 98.2. The molecule has 294 valence electrons. The Morgan fingerprint density at radius 3 is 1.78 bits per heavy atom. The van der Waals surface area contributed by atoms with Crippen molar-refractivity contribution < 1.29 is 88.6 Å². The summed E-state index contributed by atoms with van der Waals surface area (Å²) in [5.41, 5.74) is -1.25. The summed E-state index contributed by atoms with van der Waals surface area (Å²) in [6.45, 7) is 9.92. The molecule has 3 aliphatic heterocycles. The summed E-state index contributed by atoms with van der Waals surface area (Å²) in [5.74, 6) is -0.446. The number of aliphatic hydroxyl groups is 9. The Hall–Kier alpha value is -1.21. The predicted octanol–water partition coefficient (Wildman–Crippen LogP) is -4.06. The largest absolute Gasteiger partial charge is 0.393 e. The zero-order valence-corrected chi connectivity index (χ0v) is 29.6. The van der Waals surface area contributed by atoms with Gasteiger partial charge in [-0.1, -0.05) is 0 Å². The van der Waals surface area contributed by atoms with E-state index in [4.69, 9.17) is 37.9 Å². The molecule has 0 spiro atoms. The van der Waals surface area contributed by atoms with Gasteiger partial charge < -0.3 is 89.2 Å². The third kappa shape index (κ3) is 10.7. The molecule has 3 rings (SSSR count). The van der Waals surface area contributed by atoms with Crippen LogP contribution in [0.5, 0.6) is 0 Å². The lowest BCUT2D eigenvalue weighted by Gasteiger charge is -2.48. The van der Waals surface area contributed by atoms with Crippen LogP contribution >= 0.6 is 0 Å². The molecule has 3 heterocycles. The van der Waals surface area contributed by atoms with Gasteiger partial charge in [0.15, 0.2) is 25.2 Å². The van der Waals surface area contributed by atoms with E-state index in [2.05, 4.69) is 5.32 Å². The topological polar surface area (TPSA) is 285 Å². The monoisotopic (exact) mass is 731 g/mol. The van der Waals surface area contributed by atoms with Gasteiger partial charge in [0.1, 0.15) is 61.0 Å². The van der Waals surface area contributed by atoms with Crippen LogP contribution in [0.2, 0.25) is 0 Å². The number of carbonyl (C=O) groups is 1. The maximum atomic E-state index is 12.4. The normalized spacial score (nSPS) is 42.4. The average Bonchev–Trinajstić information content (AvgIpc) is 3.02. The second-order valence-corrected chi connectivity index (χ2v) is 13.9. The van der Waals surface area contributed by atoms with Gasteiger partial charge in [0.2, 0.25) is 5.91 Å². The summed E-state index contributed by atoms with van der Waals surface area (Å²) < 4.78 is 45.3. The van der Waals surface area contributed by atoms with Crippen LogP contribution < -0.4 is 5.32 Å². The van der Waals surface area contributed by atoms with E-state index in [-0.39, 0.29) is 6.42 Å². The van der Waals surface area contributed by atoms with Crippen LogP contribution in [-0.2, 0) is 42.7 Å². The number of carbonyl (C=O) groups excluding carboxylic acids is 1. The maximum Gasteiger partial charge on any atom is 0.223 e. The Bertz CT molecular complexity index is 1050. The molecule has 3 aliphatic rings. The van der Waals surface area contributed by atoms with Crippen LogP contribution in [0.25, 0.3) is 0 Å². The standard InChI is InChI=1S/C31H57NO18/c1-11(32-17(34)9-31(6,7)42)12(2)45-28(16(10-33)43-8)48-24-19(36)14(4)46-29(22(24)39)49-25-20(37)15(5)47-30(23(25)40)50-26-21(38)18(35)13(3)44-27(26)41/h11-16,18-30,33,35-42H,9-10H2,1-8H3,(H,32,34)/t11-,12?,13?,14?,15?,16-,18-,19-,20-,21?,22-,23-,24?,25?,26-,27?,28-,29-,30-/m0/s1. The molecule has 19 atom stereocenters. The molecular weight excluding hydrogens is 674 g/mol. The Kier molecular flexibility index (Phi) is 15.7. The van der Waals surface area contributed by atoms with Gasteiger partial charge in [0.25, 0.3) is 0 Å². The summed E-state index contributed by atoms with van der Waals surface area (Å²) in [6.07, 6.45) is -25.9. The molecule has 0 aliphatic carbocycles. The third-order valence-corrected chi connectivity index (χ3v) is 9.06. The van der Waals surface area contributed by atoms with Crippen molar-refractivity contribution in [2.75, 3.05) is 13.7 Å². The molecule has 0 radical (unpaired) electrons. The lowest BCUT2D eigenvalue weighted by molar-refractivity contribution is -0.383. The van der Waals surface area contributed by atoms with Crippen molar-refractivity contribution in [3.8, 4) is 0 Å². The van der Waals surface area contributed by atoms with E-state index in [9.17, 15) is 50.8 Å². The fourth-order valence-electron chi connectivity index (χ4n) is 5.79. The van der Waals surface area contributed by atoms with Gasteiger partial charge in [-0.3, -0.25) is 4.79 Å². The second-order valence-electron chi connectivity index (χ2n) is 13.9. The number of methoxy groups -OCH3 is 1. The second kappa shape index (κ2) is 18.2. The third-order valence-electron chi connectivity index (χ3n) is 9.06. The molecule has 0 aromatic carbocycles. The zero-order valence-electron chi connectivity index (χ0n) is 29.6. The van der Waals surface area contributed by atoms with E-state index in [0.29, 0.717) is 0 Å². The SMILES string of the molecule is CO[C@@H](CO)[C@@H](OC(C)[C@H](C)NC(=O)CC(C)(C)O)OC1[C@@H](O)C(C)O[C@@H](OC2[C@@H](O)C(C)O[C@@H](O[C@@H]3C(O)OC(C)[C@H](O)C3O)[C@H]2O)[C@H]1O. The van der Waals surface area contributed by atoms with Crippen molar-refractivity contribution in [3.05, 3.63) is 0 Å². The molecule has 0 aromatic rings. The zero-order chi connectivity index (χ0) is 37.8. The quantitative estimate of drug-likeness (QED) is 0.0717. The van der Waals surface area contributed by atoms with Gasteiger partial charge in [0, 0.05) is 7.11 Å². The van der Waals surface area contributed by atoms with Crippen molar-refractivity contribution in [1.82, 2.24) is 5.32 Å². The Labute approximate surface area is 290 Å². The molecule has 19 heteroatoms. The number of hydrogen-bond donors (Lipinski definition) is 10.